The number of hydrogen-bond donors (Lipinski definition) is 1. The molecular formula is C25H32N4O5. The number of ether oxygens (including phenoxy) is 3. The van der Waals surface area contributed by atoms with Crippen LogP contribution in [0.2, 0.25) is 0 Å². The molecule has 0 aliphatic carbocycles. The Kier molecular flexibility index (Phi) is 9.00. The lowest BCUT2D eigenvalue weighted by Gasteiger charge is -2.30. The first kappa shape index (κ1) is 25.2. The Balaban J connectivity index is 2.00. The number of hydrogen-bond acceptors (Lipinski definition) is 6. The lowest BCUT2D eigenvalue weighted by Crippen LogP contribution is -2.41. The number of nitrogens with one attached hydrogen (secondary N) is 1. The number of rotatable bonds is 11. The summed E-state index contributed by atoms with van der Waals surface area (Å²) in [6, 6.07) is 13.6. The second kappa shape index (κ2) is 12.2. The zero-order valence-electron chi connectivity index (χ0n) is 20.1. The highest BCUT2D eigenvalue weighted by Gasteiger charge is 2.26. The van der Waals surface area contributed by atoms with Gasteiger partial charge in [0.1, 0.15) is 11.6 Å². The van der Waals surface area contributed by atoms with Crippen molar-refractivity contribution in [2.45, 2.75) is 25.9 Å². The first-order valence-electron chi connectivity index (χ1n) is 11.2. The molecule has 1 N–H and O–H groups in total. The molecule has 34 heavy (non-hydrogen) atoms. The number of nitrogens with zero attached hydrogens (tertiary/aromatic N) is 3. The molecule has 0 aliphatic heterocycles. The molecule has 0 aliphatic rings. The number of methoxy groups -OCH3 is 3. The predicted octanol–water partition coefficient (Wildman–Crippen LogP) is 3.68. The Morgan fingerprint density at radius 3 is 2.59 bits per heavy atom. The number of fused-ring (bicyclic) bond motifs is 1. The molecule has 0 radical (unpaired) electrons. The van der Waals surface area contributed by atoms with Crippen LogP contribution < -0.4 is 15.6 Å². The van der Waals surface area contributed by atoms with Crippen LogP contribution in [0.25, 0.3) is 10.9 Å². The molecule has 0 saturated heterocycles. The Bertz CT molecular complexity index is 1160. The average molecular weight is 469 g/mol. The van der Waals surface area contributed by atoms with E-state index in [2.05, 4.69) is 5.32 Å². The largest absolute Gasteiger partial charge is 0.497 e. The first-order chi connectivity index (χ1) is 16.5. The van der Waals surface area contributed by atoms with Crippen LogP contribution in [0, 0.1) is 0 Å². The quantitative estimate of drug-likeness (QED) is 0.432. The van der Waals surface area contributed by atoms with E-state index in [4.69, 9.17) is 19.2 Å². The van der Waals surface area contributed by atoms with Crippen molar-refractivity contribution in [1.82, 2.24) is 14.5 Å². The van der Waals surface area contributed by atoms with E-state index in [-0.39, 0.29) is 11.6 Å². The minimum atomic E-state index is -0.489. The number of aromatic nitrogens is 2. The number of para-hydroxylation sites is 1. The Labute approximate surface area is 199 Å². The fourth-order valence-corrected chi connectivity index (χ4v) is 3.79. The van der Waals surface area contributed by atoms with Crippen LogP contribution in [0.15, 0.2) is 53.3 Å². The van der Waals surface area contributed by atoms with Gasteiger partial charge in [-0.2, -0.15) is 0 Å². The fourth-order valence-electron chi connectivity index (χ4n) is 3.79. The van der Waals surface area contributed by atoms with E-state index in [1.54, 1.807) is 61.1 Å². The second-order valence-electron chi connectivity index (χ2n) is 7.81. The first-order valence-corrected chi connectivity index (χ1v) is 11.2. The Hall–Kier alpha value is -3.43. The molecule has 182 valence electrons. The summed E-state index contributed by atoms with van der Waals surface area (Å²) in [5.74, 6) is 1.14. The summed E-state index contributed by atoms with van der Waals surface area (Å²) in [6.07, 6.45) is 0.627. The summed E-state index contributed by atoms with van der Waals surface area (Å²) in [5.41, 5.74) is 1.04. The van der Waals surface area contributed by atoms with E-state index in [1.807, 2.05) is 25.1 Å². The van der Waals surface area contributed by atoms with Crippen LogP contribution in [0.4, 0.5) is 10.5 Å². The molecule has 9 nitrogen and oxygen atoms in total. The monoisotopic (exact) mass is 468 g/mol. The van der Waals surface area contributed by atoms with Gasteiger partial charge in [-0.05, 0) is 37.6 Å². The van der Waals surface area contributed by atoms with E-state index in [0.717, 1.165) is 0 Å². The summed E-state index contributed by atoms with van der Waals surface area (Å²) in [4.78, 5) is 33.1. The maximum atomic E-state index is 13.4. The molecular weight excluding hydrogens is 436 g/mol. The topological polar surface area (TPSA) is 94.9 Å². The number of amides is 2. The lowest BCUT2D eigenvalue weighted by molar-refractivity contribution is 0.155. The van der Waals surface area contributed by atoms with Crippen molar-refractivity contribution < 1.29 is 19.0 Å². The van der Waals surface area contributed by atoms with Crippen molar-refractivity contribution in [2.24, 2.45) is 0 Å². The van der Waals surface area contributed by atoms with E-state index in [0.29, 0.717) is 60.9 Å². The third-order valence-electron chi connectivity index (χ3n) is 5.58. The number of carbonyl (C=O) groups excluding carboxylic acids is 1. The standard InChI is InChI=1S/C25H32N4O5/c1-18(23-27-22-12-6-5-11-21(22)24(30)29(23)14-16-33-3)28(13-8-15-32-2)25(31)26-19-9-7-10-20(17-19)34-4/h5-7,9-12,17-18H,8,13-16H2,1-4H3,(H,26,31). The molecule has 1 atom stereocenters. The predicted molar refractivity (Wildman–Crippen MR) is 132 cm³/mol. The fraction of sp³-hybridized carbons (Fsp3) is 0.400. The van der Waals surface area contributed by atoms with Crippen LogP contribution in [0.3, 0.4) is 0 Å². The van der Waals surface area contributed by atoms with Gasteiger partial charge in [0.25, 0.3) is 5.56 Å². The van der Waals surface area contributed by atoms with Gasteiger partial charge in [-0.3, -0.25) is 9.36 Å². The van der Waals surface area contributed by atoms with E-state index in [1.165, 1.54) is 0 Å². The van der Waals surface area contributed by atoms with Gasteiger partial charge in [0, 0.05) is 39.1 Å². The van der Waals surface area contributed by atoms with Crippen LogP contribution >= 0.6 is 0 Å². The van der Waals surface area contributed by atoms with Gasteiger partial charge in [-0.25, -0.2) is 9.78 Å². The van der Waals surface area contributed by atoms with Crippen LogP contribution in [-0.4, -0.2) is 61.6 Å². The van der Waals surface area contributed by atoms with Crippen LogP contribution in [0.5, 0.6) is 5.75 Å². The summed E-state index contributed by atoms with van der Waals surface area (Å²) < 4.78 is 17.3. The average Bonchev–Trinajstić information content (AvgIpc) is 2.85. The van der Waals surface area contributed by atoms with Gasteiger partial charge >= 0.3 is 6.03 Å². The molecule has 0 saturated carbocycles. The number of urea groups is 1. The maximum Gasteiger partial charge on any atom is 0.322 e. The van der Waals surface area contributed by atoms with Crippen molar-refractivity contribution in [3.05, 3.63) is 64.7 Å². The van der Waals surface area contributed by atoms with E-state index >= 15 is 0 Å². The van der Waals surface area contributed by atoms with E-state index in [9.17, 15) is 9.59 Å². The summed E-state index contributed by atoms with van der Waals surface area (Å²) >= 11 is 0. The van der Waals surface area contributed by atoms with Crippen LogP contribution in [0.1, 0.15) is 25.2 Å². The molecule has 3 rings (SSSR count). The normalized spacial score (nSPS) is 11.9. The maximum absolute atomic E-state index is 13.4. The highest BCUT2D eigenvalue weighted by Crippen LogP contribution is 2.23. The Morgan fingerprint density at radius 1 is 1.09 bits per heavy atom. The van der Waals surface area contributed by atoms with Crippen molar-refractivity contribution in [3.63, 3.8) is 0 Å². The smallest absolute Gasteiger partial charge is 0.322 e. The minimum absolute atomic E-state index is 0.158. The number of carbonyl (C=O) groups is 1. The highest BCUT2D eigenvalue weighted by molar-refractivity contribution is 5.89. The minimum Gasteiger partial charge on any atom is -0.497 e. The zero-order valence-corrected chi connectivity index (χ0v) is 20.1. The van der Waals surface area contributed by atoms with Gasteiger partial charge in [-0.15, -0.1) is 0 Å². The van der Waals surface area contributed by atoms with Gasteiger partial charge < -0.3 is 24.4 Å². The molecule has 0 bridgehead atoms. The Morgan fingerprint density at radius 2 is 1.85 bits per heavy atom. The van der Waals surface area contributed by atoms with Gasteiger partial charge in [0.05, 0.1) is 37.2 Å². The van der Waals surface area contributed by atoms with Crippen molar-refractivity contribution >= 4 is 22.6 Å². The summed E-state index contributed by atoms with van der Waals surface area (Å²) in [6.45, 7) is 3.46. The molecule has 2 aromatic carbocycles. The van der Waals surface area contributed by atoms with Gasteiger partial charge in [0.15, 0.2) is 0 Å². The van der Waals surface area contributed by atoms with Crippen molar-refractivity contribution in [1.29, 1.82) is 0 Å². The molecule has 1 unspecified atom stereocenters. The third kappa shape index (κ3) is 5.92. The van der Waals surface area contributed by atoms with Gasteiger partial charge in [-0.1, -0.05) is 18.2 Å². The second-order valence-corrected chi connectivity index (χ2v) is 7.81. The number of benzene rings is 2. The number of anilines is 1. The summed E-state index contributed by atoms with van der Waals surface area (Å²) in [7, 11) is 4.78. The third-order valence-corrected chi connectivity index (χ3v) is 5.58. The van der Waals surface area contributed by atoms with Gasteiger partial charge in [0.2, 0.25) is 0 Å². The SMILES string of the molecule is COCCCN(C(=O)Nc1cccc(OC)c1)C(C)c1nc2ccccc2c(=O)n1CCOC. The zero-order chi connectivity index (χ0) is 24.5. The highest BCUT2D eigenvalue weighted by atomic mass is 16.5. The molecule has 3 aromatic rings. The molecule has 1 heterocycles. The van der Waals surface area contributed by atoms with E-state index < -0.39 is 6.04 Å². The molecule has 0 spiro atoms. The summed E-state index contributed by atoms with van der Waals surface area (Å²) in [5, 5.41) is 3.46. The van der Waals surface area contributed by atoms with Crippen molar-refractivity contribution in [3.8, 4) is 5.75 Å². The van der Waals surface area contributed by atoms with Crippen molar-refractivity contribution in [2.75, 3.05) is 46.4 Å². The lowest BCUT2D eigenvalue weighted by atomic mass is 10.2. The van der Waals surface area contributed by atoms with Crippen LogP contribution in [-0.2, 0) is 16.0 Å². The molecule has 0 fully saturated rings. The molecule has 2 amide bonds. The molecule has 1 aromatic heterocycles. The molecule has 9 heteroatoms.